The van der Waals surface area contributed by atoms with Crippen LogP contribution in [0.3, 0.4) is 0 Å². The summed E-state index contributed by atoms with van der Waals surface area (Å²) in [4.78, 5) is 12.6. The van der Waals surface area contributed by atoms with E-state index in [1.54, 1.807) is 18.2 Å². The molecule has 0 bridgehead atoms. The van der Waals surface area contributed by atoms with Gasteiger partial charge in [0, 0.05) is 6.07 Å². The maximum absolute atomic E-state index is 13.8. The van der Waals surface area contributed by atoms with Crippen molar-refractivity contribution < 1.29 is 26.7 Å². The van der Waals surface area contributed by atoms with Gasteiger partial charge < -0.3 is 10.1 Å². The first-order chi connectivity index (χ1) is 13.4. The molecule has 1 atom stereocenters. The summed E-state index contributed by atoms with van der Waals surface area (Å²) in [6.45, 7) is 5.72. The lowest BCUT2D eigenvalue weighted by Gasteiger charge is -2.35. The van der Waals surface area contributed by atoms with E-state index in [-0.39, 0.29) is 23.4 Å². The Hall–Kier alpha value is -2.68. The van der Waals surface area contributed by atoms with Crippen molar-refractivity contribution in [3.63, 3.8) is 0 Å². The van der Waals surface area contributed by atoms with Crippen LogP contribution < -0.4 is 14.4 Å². The number of fused-ring (bicyclic) bond motifs is 1. The molecule has 2 aromatic rings. The molecule has 9 heteroatoms. The predicted octanol–water partition coefficient (Wildman–Crippen LogP) is 3.43. The molecule has 1 aliphatic heterocycles. The molecule has 0 saturated carbocycles. The van der Waals surface area contributed by atoms with E-state index < -0.39 is 33.7 Å². The first kappa shape index (κ1) is 21.0. The second-order valence-electron chi connectivity index (χ2n) is 7.95. The molecule has 0 saturated heterocycles. The second kappa shape index (κ2) is 7.29. The number of halogens is 2. The maximum Gasteiger partial charge on any atom is 0.267 e. The lowest BCUT2D eigenvalue weighted by Crippen LogP contribution is -2.48. The van der Waals surface area contributed by atoms with Crippen molar-refractivity contribution in [2.24, 2.45) is 0 Å². The summed E-state index contributed by atoms with van der Waals surface area (Å²) < 4.78 is 58.4. The average Bonchev–Trinajstić information content (AvgIpc) is 2.61. The van der Waals surface area contributed by atoms with Crippen LogP contribution in [-0.2, 0) is 20.2 Å². The SMILES string of the molecule is CC(C)(C)c1ccc2c(c1)N(S(C)(=O)=O)CC(C(=O)Nc1ccc(F)cc1F)O2. The summed E-state index contributed by atoms with van der Waals surface area (Å²) >= 11 is 0. The Kier molecular flexibility index (Phi) is 5.29. The van der Waals surface area contributed by atoms with Gasteiger partial charge in [0.15, 0.2) is 6.10 Å². The molecular formula is C20H22F2N2O4S. The Balaban J connectivity index is 1.93. The maximum atomic E-state index is 13.8. The number of hydrogen-bond acceptors (Lipinski definition) is 4. The second-order valence-corrected chi connectivity index (χ2v) is 9.85. The highest BCUT2D eigenvalue weighted by Gasteiger charge is 2.36. The quantitative estimate of drug-likeness (QED) is 0.819. The van der Waals surface area contributed by atoms with E-state index in [0.29, 0.717) is 11.8 Å². The van der Waals surface area contributed by atoms with Crippen LogP contribution in [0.4, 0.5) is 20.2 Å². The number of amides is 1. The van der Waals surface area contributed by atoms with Crippen LogP contribution >= 0.6 is 0 Å². The van der Waals surface area contributed by atoms with Gasteiger partial charge in [-0.15, -0.1) is 0 Å². The van der Waals surface area contributed by atoms with Gasteiger partial charge in [0.05, 0.1) is 24.2 Å². The fraction of sp³-hybridized carbons (Fsp3) is 0.350. The van der Waals surface area contributed by atoms with Crippen LogP contribution in [-0.4, -0.2) is 33.2 Å². The molecule has 1 aliphatic rings. The molecule has 3 rings (SSSR count). The molecule has 0 radical (unpaired) electrons. The van der Waals surface area contributed by atoms with Gasteiger partial charge in [-0.2, -0.15) is 0 Å². The molecule has 29 heavy (non-hydrogen) atoms. The van der Waals surface area contributed by atoms with Crippen LogP contribution in [0.5, 0.6) is 5.75 Å². The lowest BCUT2D eigenvalue weighted by atomic mass is 9.86. The zero-order valence-electron chi connectivity index (χ0n) is 16.5. The van der Waals surface area contributed by atoms with Gasteiger partial charge in [-0.3, -0.25) is 9.10 Å². The number of rotatable bonds is 3. The van der Waals surface area contributed by atoms with Crippen molar-refractivity contribution >= 4 is 27.3 Å². The number of sulfonamides is 1. The van der Waals surface area contributed by atoms with Crippen LogP contribution in [0.1, 0.15) is 26.3 Å². The van der Waals surface area contributed by atoms with Crippen LogP contribution in [0.15, 0.2) is 36.4 Å². The molecule has 6 nitrogen and oxygen atoms in total. The zero-order chi connectivity index (χ0) is 21.6. The molecule has 0 fully saturated rings. The highest BCUT2D eigenvalue weighted by atomic mass is 32.2. The molecule has 2 aromatic carbocycles. The number of nitrogens with one attached hydrogen (secondary N) is 1. The summed E-state index contributed by atoms with van der Waals surface area (Å²) in [5.41, 5.74) is 0.813. The molecule has 1 heterocycles. The van der Waals surface area contributed by atoms with E-state index in [0.717, 1.165) is 28.3 Å². The number of ether oxygens (including phenoxy) is 1. The molecule has 1 amide bonds. The van der Waals surface area contributed by atoms with Gasteiger partial charge in [-0.1, -0.05) is 26.8 Å². The number of anilines is 2. The van der Waals surface area contributed by atoms with Crippen LogP contribution in [0.2, 0.25) is 0 Å². The molecule has 0 aromatic heterocycles. The number of carbonyl (C=O) groups excluding carboxylic acids is 1. The minimum Gasteiger partial charge on any atom is -0.476 e. The molecule has 0 spiro atoms. The third kappa shape index (κ3) is 4.50. The van der Waals surface area contributed by atoms with E-state index in [1.807, 2.05) is 20.8 Å². The van der Waals surface area contributed by atoms with Crippen LogP contribution in [0.25, 0.3) is 0 Å². The Morgan fingerprint density at radius 3 is 2.45 bits per heavy atom. The standard InChI is InChI=1S/C20H22F2N2O4S/c1-20(2,3)12-5-8-17-16(9-12)24(29(4,26)27)11-18(28-17)19(25)23-15-7-6-13(21)10-14(15)22/h5-10,18H,11H2,1-4H3,(H,23,25). The van der Waals surface area contributed by atoms with E-state index >= 15 is 0 Å². The topological polar surface area (TPSA) is 75.7 Å². The van der Waals surface area contributed by atoms with Crippen molar-refractivity contribution in [2.75, 3.05) is 22.4 Å². The molecule has 1 unspecified atom stereocenters. The Bertz CT molecular complexity index is 1060. The fourth-order valence-electron chi connectivity index (χ4n) is 2.97. The van der Waals surface area contributed by atoms with Gasteiger partial charge in [0.25, 0.3) is 5.91 Å². The smallest absolute Gasteiger partial charge is 0.267 e. The van der Waals surface area contributed by atoms with Gasteiger partial charge in [-0.25, -0.2) is 17.2 Å². The van der Waals surface area contributed by atoms with Gasteiger partial charge in [0.1, 0.15) is 17.4 Å². The minimum absolute atomic E-state index is 0.216. The third-order valence-corrected chi connectivity index (χ3v) is 5.72. The van der Waals surface area contributed by atoms with E-state index in [2.05, 4.69) is 5.32 Å². The lowest BCUT2D eigenvalue weighted by molar-refractivity contribution is -0.122. The molecule has 1 N–H and O–H groups in total. The van der Waals surface area contributed by atoms with Crippen molar-refractivity contribution in [3.8, 4) is 5.75 Å². The van der Waals surface area contributed by atoms with Crippen molar-refractivity contribution in [3.05, 3.63) is 53.6 Å². The fourth-order valence-corrected chi connectivity index (χ4v) is 3.88. The summed E-state index contributed by atoms with van der Waals surface area (Å²) in [6.07, 6.45) is -0.164. The van der Waals surface area contributed by atoms with Gasteiger partial charge in [-0.05, 0) is 35.2 Å². The molecular weight excluding hydrogens is 402 g/mol. The minimum atomic E-state index is -3.70. The Labute approximate surface area is 168 Å². The molecule has 0 aliphatic carbocycles. The normalized spacial score (nSPS) is 16.8. The third-order valence-electron chi connectivity index (χ3n) is 4.58. The Morgan fingerprint density at radius 1 is 1.17 bits per heavy atom. The summed E-state index contributed by atoms with van der Waals surface area (Å²) in [6, 6.07) is 7.88. The molecule has 156 valence electrons. The first-order valence-corrected chi connectivity index (χ1v) is 10.8. The largest absolute Gasteiger partial charge is 0.476 e. The van der Waals surface area contributed by atoms with Crippen LogP contribution in [0, 0.1) is 11.6 Å². The average molecular weight is 424 g/mol. The zero-order valence-corrected chi connectivity index (χ0v) is 17.3. The number of nitrogens with zero attached hydrogens (tertiary/aromatic N) is 1. The van der Waals surface area contributed by atoms with Crippen molar-refractivity contribution in [1.29, 1.82) is 0 Å². The predicted molar refractivity (Wildman–Crippen MR) is 107 cm³/mol. The Morgan fingerprint density at radius 2 is 1.86 bits per heavy atom. The summed E-state index contributed by atoms with van der Waals surface area (Å²) in [7, 11) is -3.70. The van der Waals surface area contributed by atoms with Crippen molar-refractivity contribution in [1.82, 2.24) is 0 Å². The first-order valence-electron chi connectivity index (χ1n) is 8.91. The van der Waals surface area contributed by atoms with E-state index in [9.17, 15) is 22.0 Å². The summed E-state index contributed by atoms with van der Waals surface area (Å²) in [5.74, 6) is -2.23. The van der Waals surface area contributed by atoms with Crippen molar-refractivity contribution in [2.45, 2.75) is 32.3 Å². The van der Waals surface area contributed by atoms with Gasteiger partial charge >= 0.3 is 0 Å². The highest BCUT2D eigenvalue weighted by molar-refractivity contribution is 7.92. The van der Waals surface area contributed by atoms with Gasteiger partial charge in [0.2, 0.25) is 10.0 Å². The number of hydrogen-bond donors (Lipinski definition) is 1. The monoisotopic (exact) mass is 424 g/mol. The number of benzene rings is 2. The van der Waals surface area contributed by atoms with E-state index in [1.165, 1.54) is 0 Å². The van der Waals surface area contributed by atoms with E-state index in [4.69, 9.17) is 4.74 Å². The number of carbonyl (C=O) groups is 1. The highest BCUT2D eigenvalue weighted by Crippen LogP contribution is 2.38. The summed E-state index contributed by atoms with van der Waals surface area (Å²) in [5, 5.41) is 2.32.